The van der Waals surface area contributed by atoms with Gasteiger partial charge in [-0.3, -0.25) is 0 Å². The lowest BCUT2D eigenvalue weighted by Gasteiger charge is -1.95. The molecule has 0 spiro atoms. The maximum absolute atomic E-state index is 6.12. The zero-order valence-corrected chi connectivity index (χ0v) is 15.1. The van der Waals surface area contributed by atoms with Gasteiger partial charge in [0.1, 0.15) is 11.2 Å². The van der Waals surface area contributed by atoms with Crippen LogP contribution in [0.25, 0.3) is 63.9 Å². The number of thiophene rings is 1. The smallest absolute Gasteiger partial charge is 0.136 e. The minimum Gasteiger partial charge on any atom is -0.456 e. The first-order chi connectivity index (χ1) is 13.4. The van der Waals surface area contributed by atoms with E-state index in [1.807, 2.05) is 23.5 Å². The average molecular weight is 363 g/mol. The second-order valence-corrected chi connectivity index (χ2v) is 8.13. The third kappa shape index (κ3) is 1.70. The molecule has 0 saturated heterocycles. The SMILES string of the molecule is c1ccc2c(c1)[nH]c1ccc3c4cc5oc6ccccc6c5cc4sc3c12. The van der Waals surface area contributed by atoms with E-state index in [0.717, 1.165) is 11.2 Å². The van der Waals surface area contributed by atoms with E-state index < -0.39 is 0 Å². The maximum atomic E-state index is 6.12. The van der Waals surface area contributed by atoms with E-state index in [1.165, 1.54) is 52.8 Å². The summed E-state index contributed by atoms with van der Waals surface area (Å²) in [6.45, 7) is 0. The average Bonchev–Trinajstić information content (AvgIpc) is 3.36. The molecule has 3 heteroatoms. The fourth-order valence-corrected chi connectivity index (χ4v) is 5.67. The van der Waals surface area contributed by atoms with Crippen LogP contribution < -0.4 is 0 Å². The van der Waals surface area contributed by atoms with Gasteiger partial charge in [-0.25, -0.2) is 0 Å². The zero-order valence-electron chi connectivity index (χ0n) is 14.2. The highest BCUT2D eigenvalue weighted by Crippen LogP contribution is 2.43. The van der Waals surface area contributed by atoms with E-state index in [1.54, 1.807) is 0 Å². The predicted molar refractivity (Wildman–Crippen MR) is 116 cm³/mol. The summed E-state index contributed by atoms with van der Waals surface area (Å²) in [7, 11) is 0. The molecule has 0 aliphatic heterocycles. The van der Waals surface area contributed by atoms with E-state index in [0.29, 0.717) is 0 Å². The van der Waals surface area contributed by atoms with Gasteiger partial charge in [0.25, 0.3) is 0 Å². The van der Waals surface area contributed by atoms with Crippen LogP contribution >= 0.6 is 11.3 Å². The Morgan fingerprint density at radius 1 is 0.630 bits per heavy atom. The Balaban J connectivity index is 1.70. The van der Waals surface area contributed by atoms with Gasteiger partial charge in [-0.15, -0.1) is 11.3 Å². The molecule has 7 rings (SSSR count). The highest BCUT2D eigenvalue weighted by molar-refractivity contribution is 7.26. The number of fused-ring (bicyclic) bond motifs is 10. The minimum atomic E-state index is 0.952. The molecule has 2 nitrogen and oxygen atoms in total. The van der Waals surface area contributed by atoms with Gasteiger partial charge >= 0.3 is 0 Å². The largest absolute Gasteiger partial charge is 0.456 e. The topological polar surface area (TPSA) is 28.9 Å². The summed E-state index contributed by atoms with van der Waals surface area (Å²) in [5, 5.41) is 7.57. The van der Waals surface area contributed by atoms with E-state index in [-0.39, 0.29) is 0 Å². The Kier molecular flexibility index (Phi) is 2.41. The lowest BCUT2D eigenvalue weighted by Crippen LogP contribution is -1.70. The number of para-hydroxylation sites is 2. The Bertz CT molecular complexity index is 1680. The lowest BCUT2D eigenvalue weighted by molar-refractivity contribution is 0.669. The number of aromatic nitrogens is 1. The molecule has 7 aromatic rings. The lowest BCUT2D eigenvalue weighted by atomic mass is 10.1. The Morgan fingerprint density at radius 2 is 1.48 bits per heavy atom. The molecule has 0 atom stereocenters. The van der Waals surface area contributed by atoms with Crippen molar-refractivity contribution in [1.29, 1.82) is 0 Å². The molecule has 0 amide bonds. The molecule has 27 heavy (non-hydrogen) atoms. The van der Waals surface area contributed by atoms with Gasteiger partial charge in [0, 0.05) is 52.8 Å². The molecule has 3 aromatic heterocycles. The first-order valence-electron chi connectivity index (χ1n) is 9.04. The van der Waals surface area contributed by atoms with Gasteiger partial charge in [0.2, 0.25) is 0 Å². The predicted octanol–water partition coefficient (Wildman–Crippen LogP) is 7.59. The maximum Gasteiger partial charge on any atom is 0.136 e. The molecule has 0 aliphatic rings. The van der Waals surface area contributed by atoms with Gasteiger partial charge in [-0.05, 0) is 30.3 Å². The highest BCUT2D eigenvalue weighted by Gasteiger charge is 2.15. The summed E-state index contributed by atoms with van der Waals surface area (Å²) in [4.78, 5) is 3.55. The van der Waals surface area contributed by atoms with Crippen LogP contribution in [-0.4, -0.2) is 4.98 Å². The summed E-state index contributed by atoms with van der Waals surface area (Å²) in [6.07, 6.45) is 0. The summed E-state index contributed by atoms with van der Waals surface area (Å²) in [5.41, 5.74) is 4.30. The molecular weight excluding hydrogens is 350 g/mol. The van der Waals surface area contributed by atoms with Crippen molar-refractivity contribution in [2.24, 2.45) is 0 Å². The van der Waals surface area contributed by atoms with Crippen LogP contribution in [0.15, 0.2) is 77.2 Å². The Hall–Kier alpha value is -3.30. The molecular formula is C24H13NOS. The Morgan fingerprint density at radius 3 is 2.44 bits per heavy atom. The van der Waals surface area contributed by atoms with Gasteiger partial charge in [0.05, 0.1) is 0 Å². The van der Waals surface area contributed by atoms with Gasteiger partial charge < -0.3 is 9.40 Å². The van der Waals surface area contributed by atoms with Crippen LogP contribution in [0.4, 0.5) is 0 Å². The summed E-state index contributed by atoms with van der Waals surface area (Å²) in [6, 6.07) is 25.8. The summed E-state index contributed by atoms with van der Waals surface area (Å²) < 4.78 is 8.77. The third-order valence-corrected chi connectivity index (χ3v) is 6.79. The molecule has 126 valence electrons. The van der Waals surface area contributed by atoms with Gasteiger partial charge in [-0.2, -0.15) is 0 Å². The Labute approximate surface area is 157 Å². The molecule has 4 aromatic carbocycles. The fraction of sp³-hybridized carbons (Fsp3) is 0. The molecule has 0 fully saturated rings. The number of H-pyrrole nitrogens is 1. The van der Waals surface area contributed by atoms with E-state index in [4.69, 9.17) is 4.42 Å². The monoisotopic (exact) mass is 363 g/mol. The van der Waals surface area contributed by atoms with Crippen molar-refractivity contribution < 1.29 is 4.42 Å². The molecule has 0 saturated carbocycles. The van der Waals surface area contributed by atoms with Crippen LogP contribution in [0.3, 0.4) is 0 Å². The normalized spacial score (nSPS) is 12.4. The molecule has 0 bridgehead atoms. The highest BCUT2D eigenvalue weighted by atomic mass is 32.1. The number of furan rings is 1. The molecule has 1 N–H and O–H groups in total. The van der Waals surface area contributed by atoms with E-state index in [9.17, 15) is 0 Å². The van der Waals surface area contributed by atoms with Crippen LogP contribution in [0.1, 0.15) is 0 Å². The molecule has 0 radical (unpaired) electrons. The van der Waals surface area contributed by atoms with Crippen molar-refractivity contribution in [2.75, 3.05) is 0 Å². The van der Waals surface area contributed by atoms with Crippen molar-refractivity contribution in [3.8, 4) is 0 Å². The van der Waals surface area contributed by atoms with Crippen molar-refractivity contribution >= 4 is 75.3 Å². The summed E-state index contributed by atoms with van der Waals surface area (Å²) in [5.74, 6) is 0. The number of nitrogens with one attached hydrogen (secondary N) is 1. The first kappa shape index (κ1) is 13.8. The number of benzene rings is 4. The standard InChI is InChI=1S/C24H13NOS/c1-3-7-18-15(6-1)23-19(25-18)10-9-14-17-11-21-16(12-22(17)27-24(14)23)13-5-2-4-8-20(13)26-21/h1-12,25H. The third-order valence-electron chi connectivity index (χ3n) is 5.60. The van der Waals surface area contributed by atoms with E-state index in [2.05, 4.69) is 65.6 Å². The molecule has 0 unspecified atom stereocenters. The van der Waals surface area contributed by atoms with Gasteiger partial charge in [0.15, 0.2) is 0 Å². The minimum absolute atomic E-state index is 0.952. The van der Waals surface area contributed by atoms with Crippen molar-refractivity contribution in [3.05, 3.63) is 72.8 Å². The number of hydrogen-bond donors (Lipinski definition) is 1. The number of rotatable bonds is 0. The fourth-order valence-electron chi connectivity index (χ4n) is 4.38. The molecule has 0 aliphatic carbocycles. The molecule has 3 heterocycles. The van der Waals surface area contributed by atoms with Crippen LogP contribution in [0, 0.1) is 0 Å². The number of aromatic amines is 1. The van der Waals surface area contributed by atoms with Crippen LogP contribution in [-0.2, 0) is 0 Å². The second kappa shape index (κ2) is 4.70. The van der Waals surface area contributed by atoms with Crippen LogP contribution in [0.5, 0.6) is 0 Å². The van der Waals surface area contributed by atoms with E-state index >= 15 is 0 Å². The van der Waals surface area contributed by atoms with Gasteiger partial charge in [-0.1, -0.05) is 42.5 Å². The van der Waals surface area contributed by atoms with Crippen molar-refractivity contribution in [2.45, 2.75) is 0 Å². The van der Waals surface area contributed by atoms with Crippen molar-refractivity contribution in [1.82, 2.24) is 4.98 Å². The number of hydrogen-bond acceptors (Lipinski definition) is 2. The second-order valence-electron chi connectivity index (χ2n) is 7.08. The first-order valence-corrected chi connectivity index (χ1v) is 9.85. The van der Waals surface area contributed by atoms with Crippen LogP contribution in [0.2, 0.25) is 0 Å². The summed E-state index contributed by atoms with van der Waals surface area (Å²) >= 11 is 1.88. The van der Waals surface area contributed by atoms with Crippen molar-refractivity contribution in [3.63, 3.8) is 0 Å². The zero-order chi connectivity index (χ0) is 17.5. The quantitative estimate of drug-likeness (QED) is 0.295.